The molecule has 0 heterocycles. The topological polar surface area (TPSA) is 46.2 Å². The van der Waals surface area contributed by atoms with Crippen LogP contribution in [-0.4, -0.2) is 20.2 Å². The van der Waals surface area contributed by atoms with Crippen LogP contribution in [0.3, 0.4) is 0 Å². The summed E-state index contributed by atoms with van der Waals surface area (Å²) in [4.78, 5) is 0. The molecule has 16 heavy (non-hydrogen) atoms. The van der Waals surface area contributed by atoms with Gasteiger partial charge in [0, 0.05) is 6.54 Å². The molecular weight excluding hydrogens is 222 g/mol. The first-order chi connectivity index (χ1) is 7.42. The predicted octanol–water partition coefficient (Wildman–Crippen LogP) is 1.87. The van der Waals surface area contributed by atoms with Crippen LogP contribution in [0.15, 0.2) is 24.3 Å². The smallest absolute Gasteiger partial charge is 0.213 e. The van der Waals surface area contributed by atoms with Crippen molar-refractivity contribution in [2.45, 2.75) is 32.4 Å². The summed E-state index contributed by atoms with van der Waals surface area (Å²) >= 11 is 0. The van der Waals surface area contributed by atoms with Crippen molar-refractivity contribution in [3.8, 4) is 0 Å². The number of benzene rings is 1. The fraction of sp³-hybridized carbons (Fsp3) is 0.500. The van der Waals surface area contributed by atoms with Crippen molar-refractivity contribution in [1.82, 2.24) is 4.72 Å². The number of hydrogen-bond acceptors (Lipinski definition) is 2. The minimum absolute atomic E-state index is 0.370. The van der Waals surface area contributed by atoms with Gasteiger partial charge in [-0.15, -0.1) is 0 Å². The Balaban J connectivity index is 2.48. The Morgan fingerprint density at radius 2 is 2.00 bits per heavy atom. The first-order valence-electron chi connectivity index (χ1n) is 5.46. The van der Waals surface area contributed by atoms with E-state index in [1.165, 1.54) is 5.56 Å². The van der Waals surface area contributed by atoms with Gasteiger partial charge in [0.2, 0.25) is 10.0 Å². The summed E-state index contributed by atoms with van der Waals surface area (Å²) in [6, 6.07) is 8.10. The molecule has 0 fully saturated rings. The Labute approximate surface area is 97.9 Å². The van der Waals surface area contributed by atoms with Gasteiger partial charge in [-0.1, -0.05) is 29.8 Å². The lowest BCUT2D eigenvalue weighted by Crippen LogP contribution is -2.32. The SMILES string of the molecule is Cc1cccc(CCNS(=O)(=O)C(C)C)c1. The van der Waals surface area contributed by atoms with Gasteiger partial charge in [0.15, 0.2) is 0 Å². The Kier molecular flexibility index (Phi) is 4.50. The van der Waals surface area contributed by atoms with Crippen molar-refractivity contribution < 1.29 is 8.42 Å². The van der Waals surface area contributed by atoms with Gasteiger partial charge >= 0.3 is 0 Å². The maximum absolute atomic E-state index is 11.5. The molecule has 0 aliphatic carbocycles. The van der Waals surface area contributed by atoms with Crippen molar-refractivity contribution in [1.29, 1.82) is 0 Å². The number of aryl methyl sites for hydroxylation is 1. The molecule has 0 bridgehead atoms. The monoisotopic (exact) mass is 241 g/mol. The minimum atomic E-state index is -3.13. The van der Waals surface area contributed by atoms with E-state index in [1.807, 2.05) is 25.1 Å². The van der Waals surface area contributed by atoms with Gasteiger partial charge in [0.1, 0.15) is 0 Å². The molecule has 0 aliphatic rings. The van der Waals surface area contributed by atoms with Gasteiger partial charge in [-0.05, 0) is 32.8 Å². The fourth-order valence-electron chi connectivity index (χ4n) is 1.37. The van der Waals surface area contributed by atoms with Gasteiger partial charge in [-0.25, -0.2) is 13.1 Å². The molecule has 3 nitrogen and oxygen atoms in total. The van der Waals surface area contributed by atoms with Crippen LogP contribution in [0, 0.1) is 6.92 Å². The van der Waals surface area contributed by atoms with Gasteiger partial charge in [0.05, 0.1) is 5.25 Å². The first kappa shape index (κ1) is 13.2. The molecule has 0 saturated carbocycles. The lowest BCUT2D eigenvalue weighted by molar-refractivity contribution is 0.572. The zero-order valence-corrected chi connectivity index (χ0v) is 10.8. The minimum Gasteiger partial charge on any atom is -0.215 e. The summed E-state index contributed by atoms with van der Waals surface area (Å²) in [6.07, 6.45) is 0.730. The molecule has 0 saturated heterocycles. The Bertz CT molecular complexity index is 438. The third-order valence-electron chi connectivity index (χ3n) is 2.42. The Morgan fingerprint density at radius 3 is 2.56 bits per heavy atom. The van der Waals surface area contributed by atoms with Crippen molar-refractivity contribution in [2.75, 3.05) is 6.54 Å². The van der Waals surface area contributed by atoms with E-state index in [1.54, 1.807) is 13.8 Å². The van der Waals surface area contributed by atoms with E-state index in [9.17, 15) is 8.42 Å². The predicted molar refractivity (Wildman–Crippen MR) is 66.9 cm³/mol. The average molecular weight is 241 g/mol. The van der Waals surface area contributed by atoms with Crippen molar-refractivity contribution in [2.24, 2.45) is 0 Å². The second-order valence-electron chi connectivity index (χ2n) is 4.23. The van der Waals surface area contributed by atoms with Gasteiger partial charge < -0.3 is 0 Å². The lowest BCUT2D eigenvalue weighted by atomic mass is 10.1. The summed E-state index contributed by atoms with van der Waals surface area (Å²) in [7, 11) is -3.13. The summed E-state index contributed by atoms with van der Waals surface area (Å²) in [5.74, 6) is 0. The van der Waals surface area contributed by atoms with Gasteiger partial charge in [-0.3, -0.25) is 0 Å². The van der Waals surface area contributed by atoms with Crippen LogP contribution < -0.4 is 4.72 Å². The highest BCUT2D eigenvalue weighted by molar-refractivity contribution is 7.90. The molecule has 0 aromatic heterocycles. The van der Waals surface area contributed by atoms with Crippen LogP contribution in [-0.2, 0) is 16.4 Å². The van der Waals surface area contributed by atoms with E-state index in [0.717, 1.165) is 12.0 Å². The molecule has 1 N–H and O–H groups in total. The Hall–Kier alpha value is -0.870. The van der Waals surface area contributed by atoms with Crippen molar-refractivity contribution in [3.63, 3.8) is 0 Å². The summed E-state index contributed by atoms with van der Waals surface area (Å²) in [5.41, 5.74) is 2.36. The zero-order chi connectivity index (χ0) is 12.2. The van der Waals surface area contributed by atoms with Crippen LogP contribution in [0.25, 0.3) is 0 Å². The maximum Gasteiger partial charge on any atom is 0.213 e. The molecule has 4 heteroatoms. The summed E-state index contributed by atoms with van der Waals surface area (Å²) in [5, 5.41) is -0.370. The van der Waals surface area contributed by atoms with E-state index in [-0.39, 0.29) is 5.25 Å². The largest absolute Gasteiger partial charge is 0.215 e. The van der Waals surface area contributed by atoms with Crippen LogP contribution in [0.2, 0.25) is 0 Å². The summed E-state index contributed by atoms with van der Waals surface area (Å²) in [6.45, 7) is 5.84. The number of rotatable bonds is 5. The summed E-state index contributed by atoms with van der Waals surface area (Å²) < 4.78 is 25.6. The quantitative estimate of drug-likeness (QED) is 0.855. The van der Waals surface area contributed by atoms with E-state index in [4.69, 9.17) is 0 Å². The van der Waals surface area contributed by atoms with Crippen LogP contribution in [0.4, 0.5) is 0 Å². The fourth-order valence-corrected chi connectivity index (χ4v) is 2.09. The molecular formula is C12H19NO2S. The molecule has 90 valence electrons. The molecule has 1 rings (SSSR count). The molecule has 0 aliphatic heterocycles. The van der Waals surface area contributed by atoms with E-state index in [2.05, 4.69) is 10.8 Å². The number of sulfonamides is 1. The molecule has 1 aromatic carbocycles. The highest BCUT2D eigenvalue weighted by Gasteiger charge is 2.14. The molecule has 0 radical (unpaired) electrons. The molecule has 0 unspecified atom stereocenters. The second kappa shape index (κ2) is 5.46. The van der Waals surface area contributed by atoms with E-state index >= 15 is 0 Å². The second-order valence-corrected chi connectivity index (χ2v) is 6.55. The van der Waals surface area contributed by atoms with Crippen molar-refractivity contribution >= 4 is 10.0 Å². The molecule has 1 aromatic rings. The number of hydrogen-bond donors (Lipinski definition) is 1. The molecule has 0 amide bonds. The molecule has 0 atom stereocenters. The van der Waals surface area contributed by atoms with Gasteiger partial charge in [-0.2, -0.15) is 0 Å². The highest BCUT2D eigenvalue weighted by Crippen LogP contribution is 2.04. The Morgan fingerprint density at radius 1 is 1.31 bits per heavy atom. The maximum atomic E-state index is 11.5. The zero-order valence-electron chi connectivity index (χ0n) is 10.0. The van der Waals surface area contributed by atoms with Gasteiger partial charge in [0.25, 0.3) is 0 Å². The van der Waals surface area contributed by atoms with E-state index < -0.39 is 10.0 Å². The standard InChI is InChI=1S/C12H19NO2S/c1-10(2)16(14,15)13-8-7-12-6-4-5-11(3)9-12/h4-6,9-10,13H,7-8H2,1-3H3. The first-order valence-corrected chi connectivity index (χ1v) is 7.00. The molecule has 0 spiro atoms. The van der Waals surface area contributed by atoms with E-state index in [0.29, 0.717) is 6.54 Å². The average Bonchev–Trinajstić information content (AvgIpc) is 2.17. The van der Waals surface area contributed by atoms with Crippen molar-refractivity contribution in [3.05, 3.63) is 35.4 Å². The highest BCUT2D eigenvalue weighted by atomic mass is 32.2. The normalized spacial score (nSPS) is 12.0. The third-order valence-corrected chi connectivity index (χ3v) is 4.27. The third kappa shape index (κ3) is 3.94. The number of nitrogens with one attached hydrogen (secondary N) is 1. The van der Waals surface area contributed by atoms with Crippen LogP contribution in [0.1, 0.15) is 25.0 Å². The lowest BCUT2D eigenvalue weighted by Gasteiger charge is -2.09. The van der Waals surface area contributed by atoms with Crippen LogP contribution in [0.5, 0.6) is 0 Å². The van der Waals surface area contributed by atoms with Crippen LogP contribution >= 0.6 is 0 Å².